The van der Waals surface area contributed by atoms with E-state index >= 15 is 0 Å². The van der Waals surface area contributed by atoms with Gasteiger partial charge in [-0.05, 0) is 50.6 Å². The van der Waals surface area contributed by atoms with Crippen LogP contribution in [-0.4, -0.2) is 16.6 Å². The maximum Gasteiger partial charge on any atom is 0.231 e. The lowest BCUT2D eigenvalue weighted by Crippen LogP contribution is -2.21. The molecule has 6 nitrogen and oxygen atoms in total. The predicted molar refractivity (Wildman–Crippen MR) is 108 cm³/mol. The van der Waals surface area contributed by atoms with Crippen molar-refractivity contribution in [3.05, 3.63) is 66.0 Å². The molecule has 1 N–H and O–H groups in total. The molecule has 0 bridgehead atoms. The highest BCUT2D eigenvalue weighted by atomic mass is 16.7. The van der Waals surface area contributed by atoms with E-state index in [9.17, 15) is 0 Å². The fourth-order valence-corrected chi connectivity index (χ4v) is 2.93. The van der Waals surface area contributed by atoms with Gasteiger partial charge in [0.1, 0.15) is 12.4 Å². The standard InChI is InChI=1S/C22H25N3O3/c1-22(2,3)25-13-17(12-24-25)11-23-18-6-4-5-16(9-18)14-26-19-7-8-20-21(10-19)28-15-27-20/h4-10,12-13,23H,11,14-15H2,1-3H3. The summed E-state index contributed by atoms with van der Waals surface area (Å²) in [7, 11) is 0. The molecule has 0 spiro atoms. The van der Waals surface area contributed by atoms with Crippen LogP contribution in [0.1, 0.15) is 31.9 Å². The van der Waals surface area contributed by atoms with Crippen LogP contribution in [0.4, 0.5) is 5.69 Å². The molecular formula is C22H25N3O3. The number of nitrogens with one attached hydrogen (secondary N) is 1. The third kappa shape index (κ3) is 4.22. The molecule has 4 rings (SSSR count). The number of anilines is 1. The van der Waals surface area contributed by atoms with Crippen LogP contribution < -0.4 is 19.5 Å². The number of hydrogen-bond acceptors (Lipinski definition) is 5. The highest BCUT2D eigenvalue weighted by Crippen LogP contribution is 2.35. The topological polar surface area (TPSA) is 57.5 Å². The van der Waals surface area contributed by atoms with Crippen LogP contribution in [0.3, 0.4) is 0 Å². The Morgan fingerprint density at radius 2 is 1.93 bits per heavy atom. The maximum atomic E-state index is 5.90. The van der Waals surface area contributed by atoms with Gasteiger partial charge in [0.15, 0.2) is 11.5 Å². The number of hydrogen-bond donors (Lipinski definition) is 1. The molecule has 0 unspecified atom stereocenters. The Labute approximate surface area is 165 Å². The fourth-order valence-electron chi connectivity index (χ4n) is 2.93. The van der Waals surface area contributed by atoms with Gasteiger partial charge < -0.3 is 19.5 Å². The van der Waals surface area contributed by atoms with E-state index in [2.05, 4.69) is 55.6 Å². The van der Waals surface area contributed by atoms with Gasteiger partial charge in [-0.2, -0.15) is 5.10 Å². The number of fused-ring (bicyclic) bond motifs is 1. The molecule has 1 aromatic heterocycles. The summed E-state index contributed by atoms with van der Waals surface area (Å²) < 4.78 is 18.6. The van der Waals surface area contributed by atoms with Crippen molar-refractivity contribution in [1.82, 2.24) is 9.78 Å². The lowest BCUT2D eigenvalue weighted by Gasteiger charge is -2.18. The highest BCUT2D eigenvalue weighted by molar-refractivity contribution is 5.48. The van der Waals surface area contributed by atoms with E-state index in [4.69, 9.17) is 14.2 Å². The van der Waals surface area contributed by atoms with Crippen LogP contribution >= 0.6 is 0 Å². The van der Waals surface area contributed by atoms with Gasteiger partial charge in [-0.1, -0.05) is 12.1 Å². The molecule has 0 aliphatic carbocycles. The number of aromatic nitrogens is 2. The first kappa shape index (κ1) is 18.2. The summed E-state index contributed by atoms with van der Waals surface area (Å²) in [5, 5.41) is 7.90. The minimum Gasteiger partial charge on any atom is -0.489 e. The van der Waals surface area contributed by atoms with E-state index in [1.54, 1.807) is 0 Å². The largest absolute Gasteiger partial charge is 0.489 e. The molecule has 28 heavy (non-hydrogen) atoms. The summed E-state index contributed by atoms with van der Waals surface area (Å²) in [5.41, 5.74) is 3.28. The van der Waals surface area contributed by atoms with Gasteiger partial charge >= 0.3 is 0 Å². The molecule has 2 aromatic carbocycles. The van der Waals surface area contributed by atoms with Gasteiger partial charge in [0, 0.05) is 30.1 Å². The molecular weight excluding hydrogens is 354 g/mol. The van der Waals surface area contributed by atoms with Gasteiger partial charge in [-0.15, -0.1) is 0 Å². The first-order chi connectivity index (χ1) is 13.5. The van der Waals surface area contributed by atoms with Gasteiger partial charge in [-0.25, -0.2) is 0 Å². The number of nitrogens with zero attached hydrogens (tertiary/aromatic N) is 2. The minimum atomic E-state index is -0.00970. The summed E-state index contributed by atoms with van der Waals surface area (Å²) in [6, 6.07) is 13.8. The predicted octanol–water partition coefficient (Wildman–Crippen LogP) is 4.56. The van der Waals surface area contributed by atoms with Gasteiger partial charge in [0.05, 0.1) is 11.7 Å². The third-order valence-electron chi connectivity index (χ3n) is 4.50. The minimum absolute atomic E-state index is 0.00970. The highest BCUT2D eigenvalue weighted by Gasteiger charge is 2.14. The molecule has 0 radical (unpaired) electrons. The van der Waals surface area contributed by atoms with Crippen LogP contribution in [0.15, 0.2) is 54.9 Å². The van der Waals surface area contributed by atoms with Gasteiger partial charge in [-0.3, -0.25) is 4.68 Å². The maximum absolute atomic E-state index is 5.90. The summed E-state index contributed by atoms with van der Waals surface area (Å²) in [6.45, 7) is 7.89. The quantitative estimate of drug-likeness (QED) is 0.680. The Morgan fingerprint density at radius 1 is 1.07 bits per heavy atom. The summed E-state index contributed by atoms with van der Waals surface area (Å²) >= 11 is 0. The van der Waals surface area contributed by atoms with E-state index in [1.807, 2.05) is 35.1 Å². The molecule has 0 atom stereocenters. The Kier molecular flexibility index (Phi) is 4.86. The van der Waals surface area contributed by atoms with Crippen LogP contribution in [-0.2, 0) is 18.7 Å². The average molecular weight is 379 g/mol. The zero-order valence-corrected chi connectivity index (χ0v) is 16.4. The molecule has 6 heteroatoms. The van der Waals surface area contributed by atoms with Crippen molar-refractivity contribution in [3.8, 4) is 17.2 Å². The molecule has 0 fully saturated rings. The Bertz CT molecular complexity index is 960. The molecule has 0 saturated heterocycles. The molecule has 1 aliphatic rings. The van der Waals surface area contributed by atoms with Gasteiger partial charge in [0.2, 0.25) is 6.79 Å². The van der Waals surface area contributed by atoms with E-state index in [0.29, 0.717) is 6.61 Å². The second kappa shape index (κ2) is 7.46. The monoisotopic (exact) mass is 379 g/mol. The van der Waals surface area contributed by atoms with Crippen molar-refractivity contribution in [2.24, 2.45) is 0 Å². The first-order valence-corrected chi connectivity index (χ1v) is 9.37. The van der Waals surface area contributed by atoms with Crippen molar-refractivity contribution in [3.63, 3.8) is 0 Å². The van der Waals surface area contributed by atoms with Crippen molar-refractivity contribution in [1.29, 1.82) is 0 Å². The second-order valence-electron chi connectivity index (χ2n) is 7.82. The van der Waals surface area contributed by atoms with Crippen LogP contribution in [0.25, 0.3) is 0 Å². The summed E-state index contributed by atoms with van der Waals surface area (Å²) in [5.74, 6) is 2.24. The number of ether oxygens (including phenoxy) is 3. The van der Waals surface area contributed by atoms with Gasteiger partial charge in [0.25, 0.3) is 0 Å². The van der Waals surface area contributed by atoms with Crippen LogP contribution in [0.2, 0.25) is 0 Å². The lowest BCUT2D eigenvalue weighted by molar-refractivity contribution is 0.173. The van der Waals surface area contributed by atoms with Crippen molar-refractivity contribution < 1.29 is 14.2 Å². The number of benzene rings is 2. The zero-order valence-electron chi connectivity index (χ0n) is 16.4. The van der Waals surface area contributed by atoms with Crippen molar-refractivity contribution in [2.45, 2.75) is 39.5 Å². The molecule has 3 aromatic rings. The number of rotatable bonds is 6. The van der Waals surface area contributed by atoms with E-state index < -0.39 is 0 Å². The summed E-state index contributed by atoms with van der Waals surface area (Å²) in [6.07, 6.45) is 3.99. The van der Waals surface area contributed by atoms with Crippen molar-refractivity contribution in [2.75, 3.05) is 12.1 Å². The Morgan fingerprint density at radius 3 is 2.75 bits per heavy atom. The SMILES string of the molecule is CC(C)(C)n1cc(CNc2cccc(COc3ccc4c(c3)OCO4)c2)cn1. The molecule has 0 saturated carbocycles. The van der Waals surface area contributed by atoms with Crippen LogP contribution in [0, 0.1) is 0 Å². The van der Waals surface area contributed by atoms with E-state index in [-0.39, 0.29) is 12.3 Å². The van der Waals surface area contributed by atoms with Crippen LogP contribution in [0.5, 0.6) is 17.2 Å². The Hall–Kier alpha value is -3.15. The fraction of sp³-hybridized carbons (Fsp3) is 0.318. The molecule has 2 heterocycles. The zero-order chi connectivity index (χ0) is 19.6. The Balaban J connectivity index is 1.34. The average Bonchev–Trinajstić information content (AvgIpc) is 3.33. The van der Waals surface area contributed by atoms with E-state index in [0.717, 1.165) is 40.6 Å². The normalized spacial score (nSPS) is 12.8. The van der Waals surface area contributed by atoms with Crippen molar-refractivity contribution >= 4 is 5.69 Å². The first-order valence-electron chi connectivity index (χ1n) is 9.37. The molecule has 146 valence electrons. The lowest BCUT2D eigenvalue weighted by atomic mass is 10.1. The van der Waals surface area contributed by atoms with E-state index in [1.165, 1.54) is 0 Å². The molecule has 1 aliphatic heterocycles. The summed E-state index contributed by atoms with van der Waals surface area (Å²) in [4.78, 5) is 0. The third-order valence-corrected chi connectivity index (χ3v) is 4.50. The molecule has 0 amide bonds. The smallest absolute Gasteiger partial charge is 0.231 e. The second-order valence-corrected chi connectivity index (χ2v) is 7.82.